The molecule has 218 valence electrons. The summed E-state index contributed by atoms with van der Waals surface area (Å²) in [6, 6.07) is 13.3. The summed E-state index contributed by atoms with van der Waals surface area (Å²) in [6.07, 6.45) is 12.4. The topological polar surface area (TPSA) is 97.9 Å². The van der Waals surface area contributed by atoms with E-state index in [0.717, 1.165) is 23.5 Å². The van der Waals surface area contributed by atoms with Crippen LogP contribution in [0.25, 0.3) is 0 Å². The molecule has 0 saturated carbocycles. The Kier molecular flexibility index (Phi) is 8.76. The summed E-state index contributed by atoms with van der Waals surface area (Å²) in [5, 5.41) is 9.11. The van der Waals surface area contributed by atoms with Crippen molar-refractivity contribution in [1.29, 1.82) is 0 Å². The summed E-state index contributed by atoms with van der Waals surface area (Å²) in [6.45, 7) is 12.3. The average Bonchev–Trinajstić information content (AvgIpc) is 3.29. The molecule has 1 unspecified atom stereocenters. The second kappa shape index (κ2) is 11.8. The number of aliphatic carboxylic acids is 1. The molecule has 0 fully saturated rings. The van der Waals surface area contributed by atoms with Gasteiger partial charge in [0.2, 0.25) is 5.69 Å². The molecule has 0 aromatic heterocycles. The van der Waals surface area contributed by atoms with Gasteiger partial charge in [0.1, 0.15) is 6.54 Å². The van der Waals surface area contributed by atoms with Crippen LogP contribution in [0.15, 0.2) is 83.4 Å². The highest BCUT2D eigenvalue weighted by molar-refractivity contribution is 7.85. The minimum atomic E-state index is -4.35. The number of hydrogen-bond donors (Lipinski definition) is 2. The van der Waals surface area contributed by atoms with Crippen LogP contribution >= 0.6 is 0 Å². The molecule has 7 nitrogen and oxygen atoms in total. The van der Waals surface area contributed by atoms with E-state index in [2.05, 4.69) is 79.7 Å². The van der Waals surface area contributed by atoms with Gasteiger partial charge in [-0.05, 0) is 71.2 Å². The maximum atomic E-state index is 11.9. The molecular weight excluding hydrogens is 536 g/mol. The zero-order chi connectivity index (χ0) is 30.0. The third-order valence-corrected chi connectivity index (χ3v) is 9.34. The van der Waals surface area contributed by atoms with Gasteiger partial charge < -0.3 is 10.0 Å². The zero-order valence-electron chi connectivity index (χ0n) is 24.6. The Labute approximate surface area is 244 Å². The van der Waals surface area contributed by atoms with Crippen molar-refractivity contribution in [2.45, 2.75) is 76.0 Å². The van der Waals surface area contributed by atoms with Crippen LogP contribution in [0.3, 0.4) is 0 Å². The number of fused-ring (bicyclic) bond motifs is 2. The van der Waals surface area contributed by atoms with Gasteiger partial charge >= 0.3 is 5.97 Å². The first kappa shape index (κ1) is 30.5. The fourth-order valence-corrected chi connectivity index (χ4v) is 6.90. The van der Waals surface area contributed by atoms with E-state index in [1.165, 1.54) is 29.1 Å². The van der Waals surface area contributed by atoms with E-state index in [9.17, 15) is 17.8 Å². The second-order valence-electron chi connectivity index (χ2n) is 11.4. The Morgan fingerprint density at radius 2 is 1.73 bits per heavy atom. The van der Waals surface area contributed by atoms with Crippen molar-refractivity contribution in [2.24, 2.45) is 0 Å². The molecule has 4 rings (SSSR count). The number of carboxylic acids is 1. The van der Waals surface area contributed by atoms with Crippen molar-refractivity contribution in [3.63, 3.8) is 0 Å². The third kappa shape index (κ3) is 5.81. The van der Waals surface area contributed by atoms with Crippen molar-refractivity contribution in [2.75, 3.05) is 18.0 Å². The lowest BCUT2D eigenvalue weighted by molar-refractivity contribution is -0.433. The average molecular weight is 578 g/mol. The number of likely N-dealkylation sites (N-methyl/N-ethyl adjacent to an activating group) is 1. The van der Waals surface area contributed by atoms with Gasteiger partial charge in [-0.2, -0.15) is 13.0 Å². The van der Waals surface area contributed by atoms with Crippen LogP contribution in [0.2, 0.25) is 0 Å². The van der Waals surface area contributed by atoms with E-state index in [-0.39, 0.29) is 16.7 Å². The van der Waals surface area contributed by atoms with Crippen LogP contribution < -0.4 is 4.90 Å². The fraction of sp³-hybridized carbons (Fsp3) is 0.394. The molecule has 0 bridgehead atoms. The maximum absolute atomic E-state index is 11.9. The van der Waals surface area contributed by atoms with Crippen LogP contribution in [0.5, 0.6) is 0 Å². The first-order chi connectivity index (χ1) is 19.4. The Morgan fingerprint density at radius 3 is 2.39 bits per heavy atom. The van der Waals surface area contributed by atoms with E-state index in [1.807, 2.05) is 19.1 Å². The van der Waals surface area contributed by atoms with Gasteiger partial charge in [0, 0.05) is 47.5 Å². The van der Waals surface area contributed by atoms with Gasteiger partial charge in [0.05, 0.1) is 10.3 Å². The fourth-order valence-electron chi connectivity index (χ4n) is 6.40. The predicted molar refractivity (Wildman–Crippen MR) is 164 cm³/mol. The number of nitrogens with zero attached hydrogens (tertiary/aromatic N) is 2. The van der Waals surface area contributed by atoms with Gasteiger partial charge in [0.25, 0.3) is 10.1 Å². The van der Waals surface area contributed by atoms with Crippen LogP contribution in [0, 0.1) is 0 Å². The first-order valence-corrected chi connectivity index (χ1v) is 15.7. The molecule has 2 aliphatic heterocycles. The van der Waals surface area contributed by atoms with Gasteiger partial charge in [-0.1, -0.05) is 48.9 Å². The largest absolute Gasteiger partial charge is 0.481 e. The van der Waals surface area contributed by atoms with Crippen LogP contribution in [-0.4, -0.2) is 47.4 Å². The van der Waals surface area contributed by atoms with E-state index in [1.54, 1.807) is 6.07 Å². The lowest BCUT2D eigenvalue weighted by Gasteiger charge is -2.30. The van der Waals surface area contributed by atoms with Crippen LogP contribution in [0.4, 0.5) is 11.4 Å². The van der Waals surface area contributed by atoms with Crippen LogP contribution in [0.1, 0.15) is 71.4 Å². The number of para-hydroxylation sites is 1. The molecule has 0 amide bonds. The molecule has 0 saturated heterocycles. The molecule has 0 radical (unpaired) electrons. The van der Waals surface area contributed by atoms with Crippen molar-refractivity contribution >= 4 is 33.2 Å². The van der Waals surface area contributed by atoms with Gasteiger partial charge in [-0.25, -0.2) is 0 Å². The van der Waals surface area contributed by atoms with Gasteiger partial charge in [-0.15, -0.1) is 0 Å². The van der Waals surface area contributed by atoms with E-state index >= 15 is 0 Å². The molecule has 2 aliphatic rings. The Hall–Kier alpha value is -3.49. The summed E-state index contributed by atoms with van der Waals surface area (Å²) < 4.78 is 35.8. The molecule has 2 aromatic rings. The highest BCUT2D eigenvalue weighted by Crippen LogP contribution is 2.51. The van der Waals surface area contributed by atoms with Crippen molar-refractivity contribution in [3.05, 3.63) is 89.7 Å². The van der Waals surface area contributed by atoms with E-state index < -0.39 is 21.5 Å². The van der Waals surface area contributed by atoms with Gasteiger partial charge in [-0.3, -0.25) is 9.35 Å². The Bertz CT molecular complexity index is 1570. The smallest absolute Gasteiger partial charge is 0.303 e. The third-order valence-electron chi connectivity index (χ3n) is 8.49. The minimum Gasteiger partial charge on any atom is -0.481 e. The molecule has 2 heterocycles. The first-order valence-electron chi connectivity index (χ1n) is 14.3. The monoisotopic (exact) mass is 577 g/mol. The molecule has 2 aromatic carbocycles. The van der Waals surface area contributed by atoms with Crippen molar-refractivity contribution in [3.8, 4) is 0 Å². The molecule has 1 atom stereocenters. The molecule has 2 N–H and O–H groups in total. The normalized spacial score (nSPS) is 20.9. The van der Waals surface area contributed by atoms with Crippen molar-refractivity contribution in [1.82, 2.24) is 0 Å². The molecular formula is C33H41N2O5S+. The standard InChI is InChI=1S/C33H40N2O5S/c1-6-34-27-16-12-11-15-25(27)32(3,4)29(34)17-9-8-10-18-30-33(5,22-14-13-19-31(36)37)26-21-20-24(41(38,39)40)23-28(26)35(30)7-2/h8-12,15-18,20-21,23H,6-7,13-14,19,22H2,1-5H3,(H-,36,37,38,39,40)/p+1. The number of allylic oxidation sites excluding steroid dienone is 6. The van der Waals surface area contributed by atoms with Crippen molar-refractivity contribution < 1.29 is 27.4 Å². The Morgan fingerprint density at radius 1 is 1.00 bits per heavy atom. The lowest BCUT2D eigenvalue weighted by Crippen LogP contribution is -2.28. The number of anilines is 1. The van der Waals surface area contributed by atoms with E-state index in [4.69, 9.17) is 5.11 Å². The number of unbranched alkanes of at least 4 members (excludes halogenated alkanes) is 1. The van der Waals surface area contributed by atoms with Crippen LogP contribution in [-0.2, 0) is 25.7 Å². The number of hydrogen-bond acceptors (Lipinski definition) is 4. The number of carboxylic acid groups (broad SMARTS) is 1. The lowest BCUT2D eigenvalue weighted by atomic mass is 9.77. The zero-order valence-corrected chi connectivity index (χ0v) is 25.4. The maximum Gasteiger partial charge on any atom is 0.303 e. The summed E-state index contributed by atoms with van der Waals surface area (Å²) >= 11 is 0. The summed E-state index contributed by atoms with van der Waals surface area (Å²) in [7, 11) is -4.35. The summed E-state index contributed by atoms with van der Waals surface area (Å²) in [5.74, 6) is -0.812. The highest BCUT2D eigenvalue weighted by Gasteiger charge is 2.44. The predicted octanol–water partition coefficient (Wildman–Crippen LogP) is 6.77. The second-order valence-corrected chi connectivity index (χ2v) is 12.8. The quantitative estimate of drug-likeness (QED) is 0.132. The molecule has 0 spiro atoms. The molecule has 0 aliphatic carbocycles. The summed E-state index contributed by atoms with van der Waals surface area (Å²) in [4.78, 5) is 13.0. The van der Waals surface area contributed by atoms with E-state index in [0.29, 0.717) is 25.8 Å². The minimum absolute atomic E-state index is 0.110. The number of benzene rings is 2. The SMILES string of the molecule is CCN1/C(=C/C=C/C=C/C2=[N+](CC)c3ccccc3C2(C)C)C(C)(CCCCC(=O)O)c2ccc(S(=O)(=O)O)cc21. The number of rotatable bonds is 11. The summed E-state index contributed by atoms with van der Waals surface area (Å²) in [5.41, 5.74) is 5.98. The Balaban J connectivity index is 1.67. The highest BCUT2D eigenvalue weighted by atomic mass is 32.2. The molecule has 41 heavy (non-hydrogen) atoms. The molecule has 8 heteroatoms. The number of carbonyl (C=O) groups is 1. The van der Waals surface area contributed by atoms with Gasteiger partial charge in [0.15, 0.2) is 5.71 Å².